The minimum atomic E-state index is -3.46. The van der Waals surface area contributed by atoms with Gasteiger partial charge in [-0.25, -0.2) is 22.7 Å². The summed E-state index contributed by atoms with van der Waals surface area (Å²) >= 11 is 0. The first-order chi connectivity index (χ1) is 16.0. The van der Waals surface area contributed by atoms with E-state index >= 15 is 0 Å². The van der Waals surface area contributed by atoms with Gasteiger partial charge in [-0.15, -0.1) is 0 Å². The molecule has 0 aromatic carbocycles. The molecule has 185 valence electrons. The van der Waals surface area contributed by atoms with Crippen molar-refractivity contribution in [3.05, 3.63) is 18.6 Å². The quantitative estimate of drug-likeness (QED) is 0.278. The number of hydrogen-bond donors (Lipinski definition) is 0. The summed E-state index contributed by atoms with van der Waals surface area (Å²) in [7, 11) is -3.43. The maximum atomic E-state index is 12.7. The molecule has 0 amide bonds. The third-order valence-electron chi connectivity index (χ3n) is 7.10. The Morgan fingerprint density at radius 3 is 2.82 bits per heavy atom. The fourth-order valence-electron chi connectivity index (χ4n) is 5.06. The average Bonchev–Trinajstić information content (AvgIpc) is 3.35. The van der Waals surface area contributed by atoms with Crippen LogP contribution in [-0.2, 0) is 26.3 Å². The predicted molar refractivity (Wildman–Crippen MR) is 138 cm³/mol. The fourth-order valence-corrected chi connectivity index (χ4v) is 7.24. The van der Waals surface area contributed by atoms with Crippen LogP contribution in [0.1, 0.15) is 13.3 Å². The standard InChI is InChI=1S/C22H35BN5O4SSi/c1-22-12-26(7-5-18(22)11-28(13-22)33(30,31)15-23-14-29)20-19-6-8-27(21(19)25-16-24-20)17-32-9-10-34(2,3)4/h6,8,14,16,18H,5,7,9-13,15,17H2,1-4H3/t18-,22+/m1/s1. The number of piperidine rings is 1. The van der Waals surface area contributed by atoms with Gasteiger partial charge in [-0.05, 0) is 24.4 Å². The average molecular weight is 505 g/mol. The molecule has 2 aromatic heterocycles. The lowest BCUT2D eigenvalue weighted by Gasteiger charge is -2.42. The maximum Gasteiger partial charge on any atom is 0.217 e. The van der Waals surface area contributed by atoms with Gasteiger partial charge in [-0.1, -0.05) is 26.6 Å². The van der Waals surface area contributed by atoms with Crippen molar-refractivity contribution >= 4 is 48.4 Å². The largest absolute Gasteiger partial charge is 0.361 e. The summed E-state index contributed by atoms with van der Waals surface area (Å²) in [6.45, 7) is 12.9. The third kappa shape index (κ3) is 5.39. The number of carbonyl (C=O) groups excluding carboxylic acids is 1. The summed E-state index contributed by atoms with van der Waals surface area (Å²) in [6, 6.07) is 3.17. The number of fused-ring (bicyclic) bond motifs is 2. The molecule has 0 N–H and O–H groups in total. The van der Waals surface area contributed by atoms with Crippen molar-refractivity contribution < 1.29 is 17.9 Å². The molecular formula is C22H35BN5O4SSi. The Labute approximate surface area is 204 Å². The second kappa shape index (κ2) is 9.71. The van der Waals surface area contributed by atoms with E-state index in [4.69, 9.17) is 4.74 Å². The van der Waals surface area contributed by atoms with E-state index in [1.165, 1.54) is 7.28 Å². The van der Waals surface area contributed by atoms with Gasteiger partial charge in [0.1, 0.15) is 24.5 Å². The molecule has 2 fully saturated rings. The summed E-state index contributed by atoms with van der Waals surface area (Å²) in [5, 5.41) is 0.987. The number of anilines is 1. The Morgan fingerprint density at radius 1 is 1.29 bits per heavy atom. The van der Waals surface area contributed by atoms with Gasteiger partial charge in [0.15, 0.2) is 0 Å². The monoisotopic (exact) mass is 504 g/mol. The van der Waals surface area contributed by atoms with E-state index < -0.39 is 18.1 Å². The summed E-state index contributed by atoms with van der Waals surface area (Å²) < 4.78 is 34.8. The van der Waals surface area contributed by atoms with Gasteiger partial charge in [0, 0.05) is 58.1 Å². The van der Waals surface area contributed by atoms with Gasteiger partial charge < -0.3 is 19.0 Å². The zero-order chi connectivity index (χ0) is 24.6. The molecule has 2 aliphatic rings. The van der Waals surface area contributed by atoms with Gasteiger partial charge in [0.05, 0.1) is 11.6 Å². The van der Waals surface area contributed by atoms with Crippen LogP contribution >= 0.6 is 0 Å². The summed E-state index contributed by atoms with van der Waals surface area (Å²) in [5.41, 5.74) is 0.445. The van der Waals surface area contributed by atoms with Gasteiger partial charge >= 0.3 is 0 Å². The summed E-state index contributed by atoms with van der Waals surface area (Å²) in [4.78, 5) is 22.0. The second-order valence-electron chi connectivity index (χ2n) is 11.1. The molecule has 34 heavy (non-hydrogen) atoms. The van der Waals surface area contributed by atoms with Gasteiger partial charge in [0.2, 0.25) is 17.3 Å². The number of hydrogen-bond acceptors (Lipinski definition) is 7. The summed E-state index contributed by atoms with van der Waals surface area (Å²) in [6.07, 6.45) is 5.05. The lowest BCUT2D eigenvalue weighted by atomic mass is 9.75. The van der Waals surface area contributed by atoms with Crippen molar-refractivity contribution in [3.8, 4) is 0 Å². The van der Waals surface area contributed by atoms with E-state index in [-0.39, 0.29) is 17.0 Å². The maximum absolute atomic E-state index is 12.7. The molecule has 9 nitrogen and oxygen atoms in total. The molecule has 0 saturated carbocycles. The Kier molecular flexibility index (Phi) is 7.24. The zero-order valence-corrected chi connectivity index (χ0v) is 22.4. The highest BCUT2D eigenvalue weighted by Crippen LogP contribution is 2.44. The Balaban J connectivity index is 1.47. The highest BCUT2D eigenvalue weighted by atomic mass is 32.2. The highest BCUT2D eigenvalue weighted by Gasteiger charge is 2.49. The Bertz CT molecular complexity index is 1140. The SMILES string of the molecule is C[C@@]12CN(c3ncnc4c3ccn4COCC[Si](C)(C)C)CC[C@@H]1CN(S(=O)(=O)C[B]C=O)C2. The van der Waals surface area contributed by atoms with Crippen LogP contribution in [0, 0.1) is 11.3 Å². The first-order valence-electron chi connectivity index (χ1n) is 11.9. The molecule has 4 heterocycles. The van der Waals surface area contributed by atoms with Crippen molar-refractivity contribution in [1.82, 2.24) is 18.8 Å². The predicted octanol–water partition coefficient (Wildman–Crippen LogP) is 2.07. The lowest BCUT2D eigenvalue weighted by Crippen LogP contribution is -2.47. The lowest BCUT2D eigenvalue weighted by molar-refractivity contribution is 0.0899. The molecule has 0 bridgehead atoms. The van der Waals surface area contributed by atoms with E-state index in [0.29, 0.717) is 26.0 Å². The fraction of sp³-hybridized carbons (Fsp3) is 0.682. The van der Waals surface area contributed by atoms with Crippen LogP contribution in [0.25, 0.3) is 11.0 Å². The summed E-state index contributed by atoms with van der Waals surface area (Å²) in [5.74, 6) is 1.18. The molecule has 0 unspecified atom stereocenters. The molecule has 2 aromatic rings. The van der Waals surface area contributed by atoms with E-state index in [1.54, 1.807) is 10.6 Å². The van der Waals surface area contributed by atoms with Crippen LogP contribution in [0.3, 0.4) is 0 Å². The highest BCUT2D eigenvalue weighted by molar-refractivity contribution is 7.90. The minimum absolute atomic E-state index is 0.174. The number of nitrogens with zero attached hydrogens (tertiary/aromatic N) is 5. The Morgan fingerprint density at radius 2 is 2.09 bits per heavy atom. The van der Waals surface area contributed by atoms with E-state index in [1.807, 2.05) is 16.8 Å². The molecule has 2 aliphatic heterocycles. The molecule has 2 saturated heterocycles. The molecular weight excluding hydrogens is 469 g/mol. The minimum Gasteiger partial charge on any atom is -0.361 e. The molecule has 0 spiro atoms. The van der Waals surface area contributed by atoms with Crippen molar-refractivity contribution in [3.63, 3.8) is 0 Å². The van der Waals surface area contributed by atoms with Crippen LogP contribution in [-0.4, -0.2) is 87.2 Å². The van der Waals surface area contributed by atoms with E-state index in [0.717, 1.165) is 49.0 Å². The van der Waals surface area contributed by atoms with E-state index in [2.05, 4.69) is 41.4 Å². The van der Waals surface area contributed by atoms with Crippen LogP contribution in [0.2, 0.25) is 25.7 Å². The first-order valence-corrected chi connectivity index (χ1v) is 17.2. The topological polar surface area (TPSA) is 97.6 Å². The normalized spacial score (nSPS) is 23.9. The van der Waals surface area contributed by atoms with Crippen molar-refractivity contribution in [2.75, 3.05) is 43.3 Å². The molecule has 2 atom stereocenters. The molecule has 4 rings (SSSR count). The molecule has 1 radical (unpaired) electrons. The molecule has 0 aliphatic carbocycles. The van der Waals surface area contributed by atoms with Crippen molar-refractivity contribution in [2.24, 2.45) is 11.3 Å². The molecule has 12 heteroatoms. The van der Waals surface area contributed by atoms with Crippen molar-refractivity contribution in [2.45, 2.75) is 45.8 Å². The number of ether oxygens (including phenoxy) is 1. The third-order valence-corrected chi connectivity index (χ3v) is 10.5. The number of aromatic nitrogens is 3. The van der Waals surface area contributed by atoms with Gasteiger partial charge in [-0.2, -0.15) is 0 Å². The Hall–Kier alpha value is -1.76. The van der Waals surface area contributed by atoms with Crippen LogP contribution in [0.4, 0.5) is 5.82 Å². The number of carbonyl (C=O) groups is 1. The van der Waals surface area contributed by atoms with Crippen molar-refractivity contribution in [1.29, 1.82) is 0 Å². The van der Waals surface area contributed by atoms with Crippen LogP contribution in [0.15, 0.2) is 18.6 Å². The van der Waals surface area contributed by atoms with Gasteiger partial charge in [-0.3, -0.25) is 0 Å². The smallest absolute Gasteiger partial charge is 0.217 e. The van der Waals surface area contributed by atoms with Crippen LogP contribution < -0.4 is 4.90 Å². The van der Waals surface area contributed by atoms with Gasteiger partial charge in [0.25, 0.3) is 0 Å². The number of rotatable bonds is 10. The second-order valence-corrected chi connectivity index (χ2v) is 18.7. The van der Waals surface area contributed by atoms with Crippen LogP contribution in [0.5, 0.6) is 0 Å². The zero-order valence-electron chi connectivity index (χ0n) is 20.6. The number of sulfonamides is 1. The first kappa shape index (κ1) is 25.3. The van der Waals surface area contributed by atoms with E-state index in [9.17, 15) is 13.2 Å².